The normalized spacial score (nSPS) is 17.1. The number of hydrogen-bond donors (Lipinski definition) is 2. The molecule has 6 heteroatoms. The van der Waals surface area contributed by atoms with Gasteiger partial charge in [-0.25, -0.2) is 13.6 Å². The molecule has 0 heterocycles. The first-order chi connectivity index (χ1) is 8.98. The number of carbonyl (C=O) groups excluding carboxylic acids is 1. The monoisotopic (exact) mass is 282 g/mol. The molecule has 0 aromatic heterocycles. The number of hydrogen-bond acceptors (Lipinski definition) is 3. The third-order valence-electron chi connectivity index (χ3n) is 3.43. The van der Waals surface area contributed by atoms with Crippen LogP contribution in [0.5, 0.6) is 0 Å². The zero-order valence-electron chi connectivity index (χ0n) is 10.6. The summed E-state index contributed by atoms with van der Waals surface area (Å²) >= 11 is 0. The zero-order chi connectivity index (χ0) is 13.9. The van der Waals surface area contributed by atoms with E-state index >= 15 is 0 Å². The van der Waals surface area contributed by atoms with Crippen molar-refractivity contribution in [3.8, 4) is 0 Å². The van der Waals surface area contributed by atoms with E-state index in [2.05, 4.69) is 5.32 Å². The summed E-state index contributed by atoms with van der Waals surface area (Å²) in [6.45, 7) is 0. The van der Waals surface area contributed by atoms with Gasteiger partial charge in [0.2, 0.25) is 15.9 Å². The molecule has 1 fully saturated rings. The molecule has 104 valence electrons. The van der Waals surface area contributed by atoms with Gasteiger partial charge in [-0.3, -0.25) is 4.79 Å². The topological polar surface area (TPSA) is 89.3 Å². The number of nitrogens with two attached hydrogens (primary N) is 1. The number of carbonyl (C=O) groups is 1. The van der Waals surface area contributed by atoms with Crippen molar-refractivity contribution in [2.75, 3.05) is 5.32 Å². The minimum Gasteiger partial charge on any atom is -0.325 e. The maximum atomic E-state index is 12.1. The lowest BCUT2D eigenvalue weighted by molar-refractivity contribution is -0.120. The molecule has 0 saturated heterocycles. The SMILES string of the molecule is NS(=O)(=O)c1ccccc1NC(=O)C1CCCCC1. The Balaban J connectivity index is 2.17. The van der Waals surface area contributed by atoms with E-state index in [-0.39, 0.29) is 22.4 Å². The van der Waals surface area contributed by atoms with Crippen molar-refractivity contribution in [1.29, 1.82) is 0 Å². The van der Waals surface area contributed by atoms with Crippen molar-refractivity contribution in [2.24, 2.45) is 11.1 Å². The van der Waals surface area contributed by atoms with E-state index in [0.717, 1.165) is 32.1 Å². The van der Waals surface area contributed by atoms with Gasteiger partial charge >= 0.3 is 0 Å². The van der Waals surface area contributed by atoms with Crippen LogP contribution in [0.15, 0.2) is 29.2 Å². The highest BCUT2D eigenvalue weighted by Gasteiger charge is 2.23. The molecule has 1 aliphatic carbocycles. The predicted molar refractivity (Wildman–Crippen MR) is 73.0 cm³/mol. The van der Waals surface area contributed by atoms with Crippen LogP contribution >= 0.6 is 0 Å². The molecule has 19 heavy (non-hydrogen) atoms. The van der Waals surface area contributed by atoms with Crippen LogP contribution in [0, 0.1) is 5.92 Å². The average molecular weight is 282 g/mol. The predicted octanol–water partition coefficient (Wildman–Crippen LogP) is 1.85. The van der Waals surface area contributed by atoms with Crippen molar-refractivity contribution >= 4 is 21.6 Å². The summed E-state index contributed by atoms with van der Waals surface area (Å²) in [4.78, 5) is 12.1. The Hall–Kier alpha value is -1.40. The summed E-state index contributed by atoms with van der Waals surface area (Å²) in [5.41, 5.74) is 0.264. The summed E-state index contributed by atoms with van der Waals surface area (Å²) in [6, 6.07) is 6.20. The number of amides is 1. The lowest BCUT2D eigenvalue weighted by Gasteiger charge is -2.21. The second-order valence-corrected chi connectivity index (χ2v) is 6.40. The molecule has 1 saturated carbocycles. The number of sulfonamides is 1. The Kier molecular flexibility index (Phi) is 4.21. The molecule has 1 aliphatic rings. The van der Waals surface area contributed by atoms with Crippen LogP contribution in [0.3, 0.4) is 0 Å². The van der Waals surface area contributed by atoms with Gasteiger partial charge in [0.25, 0.3) is 0 Å². The average Bonchev–Trinajstić information content (AvgIpc) is 2.39. The van der Waals surface area contributed by atoms with Gasteiger partial charge < -0.3 is 5.32 Å². The standard InChI is InChI=1S/C13H18N2O3S/c14-19(17,18)12-9-5-4-8-11(12)15-13(16)10-6-2-1-3-7-10/h4-5,8-10H,1-3,6-7H2,(H,15,16)(H2,14,17,18). The molecule has 1 amide bonds. The molecule has 0 atom stereocenters. The largest absolute Gasteiger partial charge is 0.325 e. The van der Waals surface area contributed by atoms with Gasteiger partial charge in [-0.05, 0) is 25.0 Å². The van der Waals surface area contributed by atoms with Crippen molar-refractivity contribution in [3.63, 3.8) is 0 Å². The van der Waals surface area contributed by atoms with E-state index in [0.29, 0.717) is 0 Å². The van der Waals surface area contributed by atoms with E-state index in [4.69, 9.17) is 5.14 Å². The second kappa shape index (κ2) is 5.71. The molecule has 1 aromatic carbocycles. The van der Waals surface area contributed by atoms with Gasteiger partial charge in [0.1, 0.15) is 4.90 Å². The van der Waals surface area contributed by atoms with E-state index in [1.165, 1.54) is 6.07 Å². The Labute approximate surface area is 113 Å². The summed E-state index contributed by atoms with van der Waals surface area (Å²) in [5, 5.41) is 7.82. The summed E-state index contributed by atoms with van der Waals surface area (Å²) < 4.78 is 22.9. The van der Waals surface area contributed by atoms with Crippen LogP contribution in [0.4, 0.5) is 5.69 Å². The molecule has 3 N–H and O–H groups in total. The third kappa shape index (κ3) is 3.54. The van der Waals surface area contributed by atoms with Crippen LogP contribution in [-0.4, -0.2) is 14.3 Å². The van der Waals surface area contributed by atoms with Crippen molar-refractivity contribution in [1.82, 2.24) is 0 Å². The molecule has 0 aliphatic heterocycles. The minimum absolute atomic E-state index is 0.0257. The summed E-state index contributed by atoms with van der Waals surface area (Å²) in [7, 11) is -3.82. The lowest BCUT2D eigenvalue weighted by Crippen LogP contribution is -2.26. The van der Waals surface area contributed by atoms with Gasteiger partial charge in [-0.2, -0.15) is 0 Å². The van der Waals surface area contributed by atoms with Crippen LogP contribution in [-0.2, 0) is 14.8 Å². The molecule has 5 nitrogen and oxygen atoms in total. The lowest BCUT2D eigenvalue weighted by atomic mass is 9.88. The number of para-hydroxylation sites is 1. The molecule has 0 unspecified atom stereocenters. The highest BCUT2D eigenvalue weighted by atomic mass is 32.2. The fourth-order valence-corrected chi connectivity index (χ4v) is 3.11. The fourth-order valence-electron chi connectivity index (χ4n) is 2.42. The molecule has 0 spiro atoms. The number of benzene rings is 1. The van der Waals surface area contributed by atoms with Crippen LogP contribution in [0.1, 0.15) is 32.1 Å². The first-order valence-electron chi connectivity index (χ1n) is 6.41. The fraction of sp³-hybridized carbons (Fsp3) is 0.462. The Morgan fingerprint density at radius 2 is 1.79 bits per heavy atom. The minimum atomic E-state index is -3.82. The maximum absolute atomic E-state index is 12.1. The molecule has 0 bridgehead atoms. The molecule has 1 aromatic rings. The van der Waals surface area contributed by atoms with Gasteiger partial charge in [-0.15, -0.1) is 0 Å². The van der Waals surface area contributed by atoms with E-state index in [1.807, 2.05) is 0 Å². The number of nitrogens with one attached hydrogen (secondary N) is 1. The smallest absolute Gasteiger partial charge is 0.240 e. The van der Waals surface area contributed by atoms with Crippen LogP contribution in [0.25, 0.3) is 0 Å². The molecule has 0 radical (unpaired) electrons. The second-order valence-electron chi connectivity index (χ2n) is 4.87. The highest BCUT2D eigenvalue weighted by Crippen LogP contribution is 2.26. The van der Waals surface area contributed by atoms with Gasteiger partial charge in [0, 0.05) is 5.92 Å². The number of primary sulfonamides is 1. The van der Waals surface area contributed by atoms with Crippen molar-refractivity contribution in [2.45, 2.75) is 37.0 Å². The van der Waals surface area contributed by atoms with E-state index in [9.17, 15) is 13.2 Å². The number of rotatable bonds is 3. The zero-order valence-corrected chi connectivity index (χ0v) is 11.4. The van der Waals surface area contributed by atoms with E-state index in [1.54, 1.807) is 18.2 Å². The summed E-state index contributed by atoms with van der Waals surface area (Å²) in [6.07, 6.45) is 4.99. The van der Waals surface area contributed by atoms with Crippen molar-refractivity contribution in [3.05, 3.63) is 24.3 Å². The van der Waals surface area contributed by atoms with Crippen LogP contribution < -0.4 is 10.5 Å². The van der Waals surface area contributed by atoms with Gasteiger partial charge in [-0.1, -0.05) is 31.4 Å². The first kappa shape index (κ1) is 14.0. The maximum Gasteiger partial charge on any atom is 0.240 e. The summed E-state index contributed by atoms with van der Waals surface area (Å²) in [5.74, 6) is -0.141. The number of anilines is 1. The molecular weight excluding hydrogens is 264 g/mol. The van der Waals surface area contributed by atoms with Gasteiger partial charge in [0.05, 0.1) is 5.69 Å². The Morgan fingerprint density at radius 3 is 2.42 bits per heavy atom. The Bertz CT molecular complexity index is 563. The van der Waals surface area contributed by atoms with Gasteiger partial charge in [0.15, 0.2) is 0 Å². The molecule has 2 rings (SSSR count). The van der Waals surface area contributed by atoms with Crippen LogP contribution in [0.2, 0.25) is 0 Å². The molecular formula is C13H18N2O3S. The Morgan fingerprint density at radius 1 is 1.16 bits per heavy atom. The highest BCUT2D eigenvalue weighted by molar-refractivity contribution is 7.89. The van der Waals surface area contributed by atoms with E-state index < -0.39 is 10.0 Å². The third-order valence-corrected chi connectivity index (χ3v) is 4.40. The quantitative estimate of drug-likeness (QED) is 0.886. The first-order valence-corrected chi connectivity index (χ1v) is 7.96. The van der Waals surface area contributed by atoms with Crippen molar-refractivity contribution < 1.29 is 13.2 Å².